The summed E-state index contributed by atoms with van der Waals surface area (Å²) in [7, 11) is 0. The van der Waals surface area contributed by atoms with E-state index in [1.807, 2.05) is 42.5 Å². The van der Waals surface area contributed by atoms with Crippen LogP contribution < -0.4 is 14.9 Å². The first-order valence-electron chi connectivity index (χ1n) is 14.4. The number of carbonyl (C=O) groups is 1. The van der Waals surface area contributed by atoms with E-state index >= 15 is 0 Å². The molecule has 3 aliphatic rings. The van der Waals surface area contributed by atoms with Crippen molar-refractivity contribution < 1.29 is 22.7 Å². The Bertz CT molecular complexity index is 1700. The highest BCUT2D eigenvalue weighted by Crippen LogP contribution is 2.64. The number of thioether (sulfide) groups is 1. The van der Waals surface area contributed by atoms with Gasteiger partial charge in [-0.2, -0.15) is 13.2 Å². The summed E-state index contributed by atoms with van der Waals surface area (Å²) < 4.78 is 48.0. The molecule has 2 fully saturated rings. The number of nitrogens with zero attached hydrogens (tertiary/aromatic N) is 1. The number of ether oxygens (including phenoxy) is 1. The summed E-state index contributed by atoms with van der Waals surface area (Å²) in [4.78, 5) is 27.1. The van der Waals surface area contributed by atoms with Crippen LogP contribution in [-0.4, -0.2) is 15.7 Å². The number of hydrogen-bond donors (Lipinski definition) is 1. The van der Waals surface area contributed by atoms with Gasteiger partial charge in [0.15, 0.2) is 0 Å². The number of nitrogens with one attached hydrogen (secondary N) is 1. The second-order valence-corrected chi connectivity index (χ2v) is 13.7. The third kappa shape index (κ3) is 5.40. The zero-order valence-corrected chi connectivity index (χ0v) is 24.7. The normalized spacial score (nSPS) is 23.9. The van der Waals surface area contributed by atoms with Gasteiger partial charge in [-0.3, -0.25) is 14.2 Å². The number of alkyl halides is 3. The summed E-state index contributed by atoms with van der Waals surface area (Å²) in [6, 6.07) is 23.0. The molecule has 0 spiro atoms. The molecule has 4 aromatic rings. The minimum atomic E-state index is -4.61. The molecule has 222 valence electrons. The molecule has 5 nitrogen and oxygen atoms in total. The van der Waals surface area contributed by atoms with Gasteiger partial charge in [0.25, 0.3) is 0 Å². The average Bonchev–Trinajstić information content (AvgIpc) is 3.70. The summed E-state index contributed by atoms with van der Waals surface area (Å²) in [5.74, 6) is 1.66. The average molecular weight is 623 g/mol. The van der Waals surface area contributed by atoms with Crippen LogP contribution in [0.5, 0.6) is 5.75 Å². The van der Waals surface area contributed by atoms with Gasteiger partial charge in [-0.25, -0.2) is 0 Å². The van der Waals surface area contributed by atoms with Crippen molar-refractivity contribution in [2.24, 2.45) is 17.8 Å². The fourth-order valence-corrected chi connectivity index (χ4v) is 10.3. The van der Waals surface area contributed by atoms with Crippen LogP contribution in [-0.2, 0) is 24.1 Å². The Balaban J connectivity index is 1.17. The molecule has 10 heteroatoms. The Hall–Kier alpha value is -3.50. The van der Waals surface area contributed by atoms with Crippen LogP contribution in [0.15, 0.2) is 88.7 Å². The molecular weight excluding hydrogens is 594 g/mol. The lowest BCUT2D eigenvalue weighted by atomic mass is 9.75. The highest BCUT2D eigenvalue weighted by molar-refractivity contribution is 8.00. The molecule has 2 aliphatic carbocycles. The predicted molar refractivity (Wildman–Crippen MR) is 162 cm³/mol. The van der Waals surface area contributed by atoms with Crippen LogP contribution in [0.4, 0.5) is 18.9 Å². The number of hydrogen-bond acceptors (Lipinski definition) is 5. The molecule has 1 amide bonds. The van der Waals surface area contributed by atoms with Crippen molar-refractivity contribution in [3.05, 3.63) is 110 Å². The summed E-state index contributed by atoms with van der Waals surface area (Å²) in [6.45, 7) is 0.132. The number of benzene rings is 3. The van der Waals surface area contributed by atoms with Crippen LogP contribution >= 0.6 is 23.1 Å². The van der Waals surface area contributed by atoms with Gasteiger partial charge in [0.2, 0.25) is 5.91 Å². The van der Waals surface area contributed by atoms with E-state index in [4.69, 9.17) is 4.74 Å². The molecule has 3 aromatic carbocycles. The minimum absolute atomic E-state index is 0.0210. The van der Waals surface area contributed by atoms with Gasteiger partial charge in [0, 0.05) is 16.0 Å². The number of anilines is 1. The first-order chi connectivity index (χ1) is 20.8. The minimum Gasteiger partial charge on any atom is -0.489 e. The second-order valence-electron chi connectivity index (χ2n) is 11.5. The zero-order valence-electron chi connectivity index (χ0n) is 23.1. The number of rotatable bonds is 7. The smallest absolute Gasteiger partial charge is 0.418 e. The van der Waals surface area contributed by atoms with Crippen molar-refractivity contribution in [1.29, 1.82) is 0 Å². The summed E-state index contributed by atoms with van der Waals surface area (Å²) in [5, 5.41) is 3.51. The fourth-order valence-electron chi connectivity index (χ4n) is 7.15. The molecule has 43 heavy (non-hydrogen) atoms. The van der Waals surface area contributed by atoms with Crippen molar-refractivity contribution in [2.45, 2.75) is 54.8 Å². The molecule has 2 bridgehead atoms. The van der Waals surface area contributed by atoms with E-state index in [9.17, 15) is 22.8 Å². The Labute approximate surface area is 255 Å². The van der Waals surface area contributed by atoms with Gasteiger partial charge in [0.1, 0.15) is 18.9 Å². The molecule has 2 heterocycles. The maximum atomic E-state index is 13.5. The standard InChI is InChI=1S/C33H29F3N2O3S2/c34-33(35,36)24-8-4-5-9-25(24)37-26(39)17-38-31-30(43-32(38)40)27(28-21-10-11-22(16-21)29(28)42-31)20-12-14-23(15-13-20)41-18-19-6-2-1-3-7-19/h1-9,12-15,21-22,27-29H,10-11,16-18H2,(H,37,39). The molecule has 1 aliphatic heterocycles. The lowest BCUT2D eigenvalue weighted by Crippen LogP contribution is -2.35. The molecule has 1 N–H and O–H groups in total. The number of thiazole rings is 1. The monoisotopic (exact) mass is 622 g/mol. The molecule has 5 atom stereocenters. The number of carbonyl (C=O) groups excluding carboxylic acids is 1. The lowest BCUT2D eigenvalue weighted by Gasteiger charge is -2.40. The Morgan fingerprint density at radius 3 is 2.44 bits per heavy atom. The largest absolute Gasteiger partial charge is 0.489 e. The highest BCUT2D eigenvalue weighted by atomic mass is 32.2. The molecule has 2 saturated carbocycles. The number of para-hydroxylation sites is 1. The molecule has 1 aromatic heterocycles. The predicted octanol–water partition coefficient (Wildman–Crippen LogP) is 7.80. The summed E-state index contributed by atoms with van der Waals surface area (Å²) in [6.07, 6.45) is -1.08. The first-order valence-corrected chi connectivity index (χ1v) is 16.1. The van der Waals surface area contributed by atoms with Crippen LogP contribution in [0.1, 0.15) is 46.7 Å². The Morgan fingerprint density at radius 1 is 0.953 bits per heavy atom. The van der Waals surface area contributed by atoms with E-state index in [0.29, 0.717) is 29.6 Å². The van der Waals surface area contributed by atoms with Gasteiger partial charge >= 0.3 is 11.0 Å². The number of aromatic nitrogens is 1. The van der Waals surface area contributed by atoms with E-state index in [0.717, 1.165) is 50.6 Å². The Morgan fingerprint density at radius 2 is 1.67 bits per heavy atom. The van der Waals surface area contributed by atoms with Crippen LogP contribution in [0.2, 0.25) is 0 Å². The van der Waals surface area contributed by atoms with E-state index in [-0.39, 0.29) is 23.0 Å². The van der Waals surface area contributed by atoms with Crippen LogP contribution in [0, 0.1) is 17.8 Å². The summed E-state index contributed by atoms with van der Waals surface area (Å²) >= 11 is 2.85. The van der Waals surface area contributed by atoms with Gasteiger partial charge in [-0.05, 0) is 72.4 Å². The fraction of sp³-hybridized carbons (Fsp3) is 0.333. The van der Waals surface area contributed by atoms with E-state index in [1.165, 1.54) is 35.6 Å². The highest BCUT2D eigenvalue weighted by Gasteiger charge is 2.55. The third-order valence-electron chi connectivity index (χ3n) is 8.99. The van der Waals surface area contributed by atoms with Gasteiger partial charge in [0.05, 0.1) is 16.3 Å². The molecule has 0 radical (unpaired) electrons. The van der Waals surface area contributed by atoms with Crippen molar-refractivity contribution in [3.63, 3.8) is 0 Å². The van der Waals surface area contributed by atoms with Crippen molar-refractivity contribution in [2.75, 3.05) is 5.32 Å². The zero-order chi connectivity index (χ0) is 29.7. The Kier molecular flexibility index (Phi) is 7.37. The molecule has 0 saturated heterocycles. The van der Waals surface area contributed by atoms with E-state index < -0.39 is 17.6 Å². The SMILES string of the molecule is O=C(Cn1c2c(sc1=O)C(c1ccc(OCc3ccccc3)cc1)C1C3CCC(C3)C1S2)Nc1ccccc1C(F)(F)F. The quantitative estimate of drug-likeness (QED) is 0.229. The molecule has 7 rings (SSSR count). The third-order valence-corrected chi connectivity index (χ3v) is 11.8. The van der Waals surface area contributed by atoms with Gasteiger partial charge < -0.3 is 10.1 Å². The number of fused-ring (bicyclic) bond motifs is 6. The van der Waals surface area contributed by atoms with E-state index in [2.05, 4.69) is 17.4 Å². The maximum Gasteiger partial charge on any atom is 0.418 e. The second kappa shape index (κ2) is 11.2. The van der Waals surface area contributed by atoms with Crippen molar-refractivity contribution in [3.8, 4) is 5.75 Å². The topological polar surface area (TPSA) is 60.3 Å². The van der Waals surface area contributed by atoms with Gasteiger partial charge in [-0.15, -0.1) is 11.8 Å². The molecule has 5 unspecified atom stereocenters. The number of amides is 1. The maximum absolute atomic E-state index is 13.5. The summed E-state index contributed by atoms with van der Waals surface area (Å²) in [5.41, 5.74) is 0.972. The van der Waals surface area contributed by atoms with Crippen molar-refractivity contribution in [1.82, 2.24) is 4.57 Å². The van der Waals surface area contributed by atoms with Gasteiger partial charge in [-0.1, -0.05) is 65.9 Å². The van der Waals surface area contributed by atoms with Crippen molar-refractivity contribution >= 4 is 34.7 Å². The van der Waals surface area contributed by atoms with E-state index in [1.54, 1.807) is 11.8 Å². The lowest BCUT2D eigenvalue weighted by molar-refractivity contribution is -0.137. The first kappa shape index (κ1) is 28.3. The van der Waals surface area contributed by atoms with Crippen LogP contribution in [0.25, 0.3) is 0 Å². The number of halogens is 3. The molecular formula is C33H29F3N2O3S2. The van der Waals surface area contributed by atoms with Crippen LogP contribution in [0.3, 0.4) is 0 Å².